The molecule has 0 fully saturated rings. The number of nitrogens with one attached hydrogen (secondary N) is 1. The summed E-state index contributed by atoms with van der Waals surface area (Å²) in [7, 11) is 7.39. The molecule has 0 atom stereocenters. The van der Waals surface area contributed by atoms with Crippen LogP contribution in [-0.4, -0.2) is 53.6 Å². The third-order valence-electron chi connectivity index (χ3n) is 6.04. The van der Waals surface area contributed by atoms with Crippen LogP contribution in [-0.2, 0) is 0 Å². The fraction of sp³-hybridized carbons (Fsp3) is 0.167. The van der Waals surface area contributed by atoms with E-state index in [1.807, 2.05) is 30.3 Å². The summed E-state index contributed by atoms with van der Waals surface area (Å²) in [5.74, 6) is 1.04. The fourth-order valence-corrected chi connectivity index (χ4v) is 4.05. The number of rotatable bonds is 10. The number of ether oxygens (including phenoxy) is 6. The average Bonchev–Trinajstić information content (AvgIpc) is 3.00. The molecule has 0 aliphatic heterocycles. The number of hydrogen-bond acceptors (Lipinski definition) is 9. The molecular formula is C30H28N2O8. The average molecular weight is 545 g/mol. The zero-order valence-corrected chi connectivity index (χ0v) is 22.6. The summed E-state index contributed by atoms with van der Waals surface area (Å²) in [6, 6.07) is 18.8. The maximum atomic E-state index is 13.0. The van der Waals surface area contributed by atoms with E-state index in [-0.39, 0.29) is 16.9 Å². The van der Waals surface area contributed by atoms with E-state index >= 15 is 0 Å². The van der Waals surface area contributed by atoms with Gasteiger partial charge in [0, 0.05) is 11.1 Å². The lowest BCUT2D eigenvalue weighted by molar-refractivity contribution is 0.0734. The van der Waals surface area contributed by atoms with Crippen molar-refractivity contribution in [2.75, 3.05) is 35.5 Å². The second kappa shape index (κ2) is 12.5. The molecule has 0 heterocycles. The standard InChI is InChI=1S/C30H28N2O8/c1-35-24-13-11-19(14-25(24)36-2)30(34)40-23-12-10-18-8-6-7-9-21(18)22(23)17-31-32-29(33)20-15-26(37-3)28(39-5)27(16-20)38-4/h6-17H,1-5H3,(H,32,33)/b31-17-. The van der Waals surface area contributed by atoms with Crippen LogP contribution in [0.15, 0.2) is 71.8 Å². The lowest BCUT2D eigenvalue weighted by Crippen LogP contribution is -2.18. The Kier molecular flexibility index (Phi) is 8.70. The molecule has 40 heavy (non-hydrogen) atoms. The van der Waals surface area contributed by atoms with Crippen molar-refractivity contribution in [3.63, 3.8) is 0 Å². The maximum absolute atomic E-state index is 13.0. The van der Waals surface area contributed by atoms with Gasteiger partial charge in [-0.25, -0.2) is 10.2 Å². The predicted molar refractivity (Wildman–Crippen MR) is 150 cm³/mol. The monoisotopic (exact) mass is 544 g/mol. The van der Waals surface area contributed by atoms with Gasteiger partial charge in [-0.1, -0.05) is 30.3 Å². The van der Waals surface area contributed by atoms with Gasteiger partial charge in [-0.05, 0) is 47.2 Å². The molecule has 0 aliphatic rings. The minimum absolute atomic E-state index is 0.240. The highest BCUT2D eigenvalue weighted by molar-refractivity contribution is 6.04. The van der Waals surface area contributed by atoms with Gasteiger partial charge in [-0.2, -0.15) is 5.10 Å². The summed E-state index contributed by atoms with van der Waals surface area (Å²) < 4.78 is 32.2. The van der Waals surface area contributed by atoms with Gasteiger partial charge in [0.1, 0.15) is 5.75 Å². The van der Waals surface area contributed by atoms with Crippen LogP contribution in [0.5, 0.6) is 34.5 Å². The molecule has 4 aromatic rings. The highest BCUT2D eigenvalue weighted by atomic mass is 16.5. The van der Waals surface area contributed by atoms with Crippen LogP contribution >= 0.6 is 0 Å². The van der Waals surface area contributed by atoms with Gasteiger partial charge in [0.05, 0.1) is 47.3 Å². The van der Waals surface area contributed by atoms with Gasteiger partial charge in [0.25, 0.3) is 5.91 Å². The van der Waals surface area contributed by atoms with E-state index in [0.29, 0.717) is 34.3 Å². The molecule has 0 saturated heterocycles. The topological polar surface area (TPSA) is 114 Å². The molecule has 10 nitrogen and oxygen atoms in total. The van der Waals surface area contributed by atoms with Crippen molar-refractivity contribution in [3.05, 3.63) is 83.4 Å². The smallest absolute Gasteiger partial charge is 0.343 e. The third kappa shape index (κ3) is 5.75. The number of carbonyl (C=O) groups excluding carboxylic acids is 2. The molecule has 4 rings (SSSR count). The number of hydrogen-bond donors (Lipinski definition) is 1. The fourth-order valence-electron chi connectivity index (χ4n) is 4.05. The number of nitrogens with zero attached hydrogens (tertiary/aromatic N) is 1. The summed E-state index contributed by atoms with van der Waals surface area (Å²) in [4.78, 5) is 26.0. The summed E-state index contributed by atoms with van der Waals surface area (Å²) in [6.45, 7) is 0. The largest absolute Gasteiger partial charge is 0.493 e. The Labute approximate surface area is 231 Å². The Bertz CT molecular complexity index is 1560. The second-order valence-corrected chi connectivity index (χ2v) is 8.27. The van der Waals surface area contributed by atoms with E-state index in [4.69, 9.17) is 28.4 Å². The number of benzene rings is 4. The van der Waals surface area contributed by atoms with Crippen LogP contribution in [0.4, 0.5) is 0 Å². The van der Waals surface area contributed by atoms with Gasteiger partial charge in [-0.3, -0.25) is 4.79 Å². The van der Waals surface area contributed by atoms with Crippen LogP contribution in [0.25, 0.3) is 10.8 Å². The number of methoxy groups -OCH3 is 5. The molecule has 1 amide bonds. The predicted octanol–water partition coefficient (Wildman–Crippen LogP) is 4.87. The summed E-state index contributed by atoms with van der Waals surface area (Å²) in [5, 5.41) is 5.81. The van der Waals surface area contributed by atoms with Crippen molar-refractivity contribution in [1.29, 1.82) is 0 Å². The van der Waals surface area contributed by atoms with E-state index in [9.17, 15) is 9.59 Å². The van der Waals surface area contributed by atoms with Crippen LogP contribution in [0, 0.1) is 0 Å². The summed E-state index contributed by atoms with van der Waals surface area (Å²) in [6.07, 6.45) is 1.43. The van der Waals surface area contributed by atoms with Crippen molar-refractivity contribution in [3.8, 4) is 34.5 Å². The van der Waals surface area contributed by atoms with Crippen LogP contribution in [0.1, 0.15) is 26.3 Å². The highest BCUT2D eigenvalue weighted by Gasteiger charge is 2.18. The highest BCUT2D eigenvalue weighted by Crippen LogP contribution is 2.38. The van der Waals surface area contributed by atoms with E-state index in [2.05, 4.69) is 10.5 Å². The molecule has 0 unspecified atom stereocenters. The van der Waals surface area contributed by atoms with Crippen molar-refractivity contribution in [2.45, 2.75) is 0 Å². The first-order valence-corrected chi connectivity index (χ1v) is 12.0. The van der Waals surface area contributed by atoms with Gasteiger partial charge in [-0.15, -0.1) is 0 Å². The number of hydrazone groups is 1. The molecular weight excluding hydrogens is 516 g/mol. The van der Waals surface area contributed by atoms with Crippen molar-refractivity contribution >= 4 is 28.9 Å². The number of fused-ring (bicyclic) bond motifs is 1. The number of carbonyl (C=O) groups is 2. The summed E-state index contributed by atoms with van der Waals surface area (Å²) in [5.41, 5.74) is 3.51. The SMILES string of the molecule is COc1ccc(C(=O)Oc2ccc3ccccc3c2/C=N\NC(=O)c2cc(OC)c(OC)c(OC)c2)cc1OC. The van der Waals surface area contributed by atoms with E-state index in [1.54, 1.807) is 18.2 Å². The molecule has 0 bridgehead atoms. The third-order valence-corrected chi connectivity index (χ3v) is 6.04. The second-order valence-electron chi connectivity index (χ2n) is 8.27. The molecule has 10 heteroatoms. The Morgan fingerprint density at radius 3 is 1.95 bits per heavy atom. The zero-order chi connectivity index (χ0) is 28.6. The van der Waals surface area contributed by atoms with E-state index < -0.39 is 11.9 Å². The number of amides is 1. The minimum Gasteiger partial charge on any atom is -0.493 e. The molecule has 0 spiro atoms. The molecule has 206 valence electrons. The van der Waals surface area contributed by atoms with Gasteiger partial charge in [0.15, 0.2) is 23.0 Å². The first-order valence-electron chi connectivity index (χ1n) is 12.0. The first kappa shape index (κ1) is 27.8. The zero-order valence-electron chi connectivity index (χ0n) is 22.6. The number of esters is 1. The minimum atomic E-state index is -0.604. The van der Waals surface area contributed by atoms with Crippen LogP contribution in [0.2, 0.25) is 0 Å². The van der Waals surface area contributed by atoms with Gasteiger partial charge in [0.2, 0.25) is 5.75 Å². The maximum Gasteiger partial charge on any atom is 0.343 e. The van der Waals surface area contributed by atoms with Gasteiger partial charge < -0.3 is 28.4 Å². The van der Waals surface area contributed by atoms with Crippen molar-refractivity contribution in [2.24, 2.45) is 5.10 Å². The molecule has 0 aromatic heterocycles. The lowest BCUT2D eigenvalue weighted by atomic mass is 10.0. The van der Waals surface area contributed by atoms with Crippen molar-refractivity contribution < 1.29 is 38.0 Å². The molecule has 0 saturated carbocycles. The van der Waals surface area contributed by atoms with Gasteiger partial charge >= 0.3 is 5.97 Å². The quantitative estimate of drug-likeness (QED) is 0.130. The Hall–Kier alpha value is -5.25. The molecule has 0 radical (unpaired) electrons. The normalized spacial score (nSPS) is 10.7. The summed E-state index contributed by atoms with van der Waals surface area (Å²) >= 11 is 0. The Balaban J connectivity index is 1.63. The van der Waals surface area contributed by atoms with Crippen molar-refractivity contribution in [1.82, 2.24) is 5.43 Å². The Morgan fingerprint density at radius 1 is 0.675 bits per heavy atom. The van der Waals surface area contributed by atoms with Crippen LogP contribution < -0.4 is 33.8 Å². The lowest BCUT2D eigenvalue weighted by Gasteiger charge is -2.13. The first-order chi connectivity index (χ1) is 19.4. The van der Waals surface area contributed by atoms with Crippen LogP contribution in [0.3, 0.4) is 0 Å². The molecule has 4 aromatic carbocycles. The molecule has 1 N–H and O–H groups in total. The van der Waals surface area contributed by atoms with E-state index in [0.717, 1.165) is 10.8 Å². The molecule has 0 aliphatic carbocycles. The van der Waals surface area contributed by atoms with E-state index in [1.165, 1.54) is 60.0 Å². The Morgan fingerprint density at radius 2 is 1.30 bits per heavy atom.